The van der Waals surface area contributed by atoms with E-state index in [0.29, 0.717) is 0 Å². The van der Waals surface area contributed by atoms with Crippen LogP contribution in [0.3, 0.4) is 0 Å². The summed E-state index contributed by atoms with van der Waals surface area (Å²) in [6.07, 6.45) is 1.55. The van der Waals surface area contributed by atoms with Crippen LogP contribution in [0.5, 0.6) is 0 Å². The molecule has 6 heteroatoms. The Hall–Kier alpha value is -0.750. The standard InChI is InChI=1S/C9H8F4OS/c1-15-3-5-8(12)6(10)4(2-14)7(11)9(5)13/h14H,2-3H2,1H3. The Balaban J connectivity index is 3.44. The number of benzene rings is 1. The van der Waals surface area contributed by atoms with Crippen molar-refractivity contribution in [1.82, 2.24) is 0 Å². The monoisotopic (exact) mass is 240 g/mol. The first-order valence-electron chi connectivity index (χ1n) is 3.98. The highest BCUT2D eigenvalue weighted by Gasteiger charge is 2.24. The topological polar surface area (TPSA) is 20.2 Å². The van der Waals surface area contributed by atoms with E-state index in [-0.39, 0.29) is 5.75 Å². The van der Waals surface area contributed by atoms with Gasteiger partial charge in [0, 0.05) is 11.3 Å². The molecule has 1 N–H and O–H groups in total. The molecule has 0 saturated carbocycles. The van der Waals surface area contributed by atoms with Crippen molar-refractivity contribution in [3.63, 3.8) is 0 Å². The smallest absolute Gasteiger partial charge is 0.167 e. The Morgan fingerprint density at radius 2 is 1.33 bits per heavy atom. The quantitative estimate of drug-likeness (QED) is 0.647. The summed E-state index contributed by atoms with van der Waals surface area (Å²) in [4.78, 5) is 0. The molecule has 0 heterocycles. The van der Waals surface area contributed by atoms with Gasteiger partial charge in [0.2, 0.25) is 0 Å². The minimum absolute atomic E-state index is 0.169. The Bertz CT molecular complexity index is 352. The average Bonchev–Trinajstić information content (AvgIpc) is 2.23. The fourth-order valence-electron chi connectivity index (χ4n) is 1.13. The predicted molar refractivity (Wildman–Crippen MR) is 49.4 cm³/mol. The van der Waals surface area contributed by atoms with Crippen molar-refractivity contribution < 1.29 is 22.7 Å². The summed E-state index contributed by atoms with van der Waals surface area (Å²) in [6, 6.07) is 0. The van der Waals surface area contributed by atoms with Crippen molar-refractivity contribution in [3.05, 3.63) is 34.4 Å². The van der Waals surface area contributed by atoms with Crippen molar-refractivity contribution in [2.45, 2.75) is 12.4 Å². The van der Waals surface area contributed by atoms with Gasteiger partial charge < -0.3 is 5.11 Å². The molecule has 0 bridgehead atoms. The molecule has 0 atom stereocenters. The maximum Gasteiger partial charge on any atom is 0.167 e. The molecule has 1 nitrogen and oxygen atoms in total. The Labute approximate surface area is 88.1 Å². The molecule has 1 aromatic carbocycles. The molecule has 0 amide bonds. The maximum absolute atomic E-state index is 13.2. The van der Waals surface area contributed by atoms with Crippen LogP contribution in [0.2, 0.25) is 0 Å². The lowest BCUT2D eigenvalue weighted by Gasteiger charge is -2.09. The van der Waals surface area contributed by atoms with Crippen molar-refractivity contribution in [3.8, 4) is 0 Å². The molecule has 0 aliphatic carbocycles. The number of halogens is 4. The van der Waals surface area contributed by atoms with Crippen molar-refractivity contribution >= 4 is 11.8 Å². The number of aliphatic hydroxyl groups excluding tert-OH is 1. The van der Waals surface area contributed by atoms with Gasteiger partial charge in [-0.1, -0.05) is 0 Å². The van der Waals surface area contributed by atoms with E-state index in [2.05, 4.69) is 0 Å². The number of hydrogen-bond donors (Lipinski definition) is 1. The third-order valence-corrected chi connectivity index (χ3v) is 2.47. The van der Waals surface area contributed by atoms with Gasteiger partial charge in [-0.3, -0.25) is 0 Å². The van der Waals surface area contributed by atoms with E-state index >= 15 is 0 Å². The first-order chi connectivity index (χ1) is 7.04. The summed E-state index contributed by atoms with van der Waals surface area (Å²) < 4.78 is 52.5. The van der Waals surface area contributed by atoms with Crippen LogP contribution in [0.1, 0.15) is 11.1 Å². The van der Waals surface area contributed by atoms with Crippen LogP contribution in [0.25, 0.3) is 0 Å². The molecule has 84 valence electrons. The molecule has 0 spiro atoms. The average molecular weight is 240 g/mol. The van der Waals surface area contributed by atoms with Crippen LogP contribution < -0.4 is 0 Å². The van der Waals surface area contributed by atoms with Gasteiger partial charge >= 0.3 is 0 Å². The van der Waals surface area contributed by atoms with Crippen LogP contribution in [0.15, 0.2) is 0 Å². The highest BCUT2D eigenvalue weighted by Crippen LogP contribution is 2.26. The second-order valence-corrected chi connectivity index (χ2v) is 3.67. The largest absolute Gasteiger partial charge is 0.391 e. The molecule has 0 aliphatic heterocycles. The van der Waals surface area contributed by atoms with Crippen LogP contribution >= 0.6 is 11.8 Å². The van der Waals surface area contributed by atoms with Gasteiger partial charge in [0.1, 0.15) is 0 Å². The van der Waals surface area contributed by atoms with E-state index < -0.39 is 41.0 Å². The summed E-state index contributed by atoms with van der Waals surface area (Å²) >= 11 is 1.04. The maximum atomic E-state index is 13.2. The lowest BCUT2D eigenvalue weighted by molar-refractivity contribution is 0.262. The lowest BCUT2D eigenvalue weighted by Crippen LogP contribution is -2.07. The molecular formula is C9H8F4OS. The molecule has 0 aliphatic rings. The van der Waals surface area contributed by atoms with Crippen molar-refractivity contribution in [2.24, 2.45) is 0 Å². The van der Waals surface area contributed by atoms with Gasteiger partial charge in [-0.15, -0.1) is 0 Å². The van der Waals surface area contributed by atoms with Gasteiger partial charge in [-0.2, -0.15) is 11.8 Å². The lowest BCUT2D eigenvalue weighted by atomic mass is 10.1. The SMILES string of the molecule is CSCc1c(F)c(F)c(CO)c(F)c1F. The molecule has 0 fully saturated rings. The zero-order chi connectivity index (χ0) is 11.6. The normalized spacial score (nSPS) is 10.8. The fourth-order valence-corrected chi connectivity index (χ4v) is 1.67. The Kier molecular flexibility index (Phi) is 3.98. The van der Waals surface area contributed by atoms with Crippen LogP contribution in [-0.2, 0) is 12.4 Å². The Morgan fingerprint density at radius 3 is 1.67 bits per heavy atom. The van der Waals surface area contributed by atoms with E-state index in [1.165, 1.54) is 0 Å². The van der Waals surface area contributed by atoms with Crippen molar-refractivity contribution in [1.29, 1.82) is 0 Å². The minimum Gasteiger partial charge on any atom is -0.391 e. The van der Waals surface area contributed by atoms with Gasteiger partial charge in [-0.05, 0) is 6.26 Å². The number of aliphatic hydroxyl groups is 1. The van der Waals surface area contributed by atoms with Gasteiger partial charge in [0.15, 0.2) is 23.3 Å². The summed E-state index contributed by atoms with van der Waals surface area (Å²) in [5.41, 5.74) is -1.62. The number of rotatable bonds is 3. The first kappa shape index (κ1) is 12.3. The zero-order valence-electron chi connectivity index (χ0n) is 7.78. The second-order valence-electron chi connectivity index (χ2n) is 2.80. The van der Waals surface area contributed by atoms with Crippen LogP contribution in [0, 0.1) is 23.3 Å². The highest BCUT2D eigenvalue weighted by molar-refractivity contribution is 7.97. The zero-order valence-corrected chi connectivity index (χ0v) is 8.60. The van der Waals surface area contributed by atoms with Gasteiger partial charge in [-0.25, -0.2) is 17.6 Å². The third-order valence-electron chi connectivity index (χ3n) is 1.89. The molecule has 0 saturated heterocycles. The molecule has 0 unspecified atom stereocenters. The molecule has 0 aromatic heterocycles. The fraction of sp³-hybridized carbons (Fsp3) is 0.333. The first-order valence-corrected chi connectivity index (χ1v) is 5.37. The summed E-state index contributed by atoms with van der Waals surface area (Å²) in [6.45, 7) is -1.08. The minimum atomic E-state index is -1.53. The molecule has 1 rings (SSSR count). The molecule has 15 heavy (non-hydrogen) atoms. The predicted octanol–water partition coefficient (Wildman–Crippen LogP) is 2.60. The van der Waals surface area contributed by atoms with Crippen LogP contribution in [0.4, 0.5) is 17.6 Å². The van der Waals surface area contributed by atoms with E-state index in [4.69, 9.17) is 5.11 Å². The summed E-state index contributed by atoms with van der Waals surface area (Å²) in [5, 5.41) is 8.55. The van der Waals surface area contributed by atoms with E-state index in [0.717, 1.165) is 11.8 Å². The molecule has 0 radical (unpaired) electrons. The third kappa shape index (κ3) is 2.10. The molecular weight excluding hydrogens is 232 g/mol. The molecule has 1 aromatic rings. The second kappa shape index (κ2) is 4.85. The summed E-state index contributed by atoms with van der Waals surface area (Å²) in [7, 11) is 0. The van der Waals surface area contributed by atoms with E-state index in [1.807, 2.05) is 0 Å². The summed E-state index contributed by atoms with van der Waals surface area (Å²) in [5.74, 6) is -6.10. The Morgan fingerprint density at radius 1 is 0.933 bits per heavy atom. The highest BCUT2D eigenvalue weighted by atomic mass is 32.2. The van der Waals surface area contributed by atoms with E-state index in [1.54, 1.807) is 6.26 Å². The number of hydrogen-bond acceptors (Lipinski definition) is 2. The van der Waals surface area contributed by atoms with E-state index in [9.17, 15) is 17.6 Å². The van der Waals surface area contributed by atoms with Crippen LogP contribution in [-0.4, -0.2) is 11.4 Å². The van der Waals surface area contributed by atoms with Gasteiger partial charge in [0.25, 0.3) is 0 Å². The van der Waals surface area contributed by atoms with Crippen molar-refractivity contribution in [2.75, 3.05) is 6.26 Å². The van der Waals surface area contributed by atoms with Gasteiger partial charge in [0.05, 0.1) is 12.2 Å². The number of thioether (sulfide) groups is 1.